The van der Waals surface area contributed by atoms with Crippen LogP contribution in [0, 0.1) is 0 Å². The number of nitrogens with zero attached hydrogens (tertiary/aromatic N) is 12. The van der Waals surface area contributed by atoms with E-state index in [9.17, 15) is 96.2 Å². The zero-order valence-electron chi connectivity index (χ0n) is 84.6. The first-order chi connectivity index (χ1) is 65.6. The fraction of sp³-hybridized carbons (Fsp3) is 0.491. The van der Waals surface area contributed by atoms with E-state index in [1.54, 1.807) is 17.9 Å². The second-order valence-electron chi connectivity index (χ2n) is 43.2. The average Bonchev–Trinajstić information content (AvgIpc) is 1.07. The Morgan fingerprint density at radius 2 is 0.542 bits per heavy atom. The third-order valence-corrected chi connectivity index (χ3v) is 25.4. The summed E-state index contributed by atoms with van der Waals surface area (Å²) >= 11 is 0. The molecule has 772 valence electrons. The fourth-order valence-corrected chi connectivity index (χ4v) is 16.4. The molecule has 4 saturated heterocycles. The maximum Gasteiger partial charge on any atom is 0.433 e. The zero-order valence-corrected chi connectivity index (χ0v) is 84.6. The summed E-state index contributed by atoms with van der Waals surface area (Å²) in [4.78, 5) is 46.6. The van der Waals surface area contributed by atoms with Crippen molar-refractivity contribution in [2.75, 3.05) is 85.6 Å². The first kappa shape index (κ1) is 113. The third-order valence-electron chi connectivity index (χ3n) is 25.4. The largest absolute Gasteiger partial charge is 0.507 e. The molecule has 19 nitrogen and oxygen atoms in total. The molecule has 4 aliphatic heterocycles. The van der Waals surface area contributed by atoms with Gasteiger partial charge in [0.05, 0.1) is 11.1 Å². The SMILES string of the molecule is CC(=O)N1CCN(Cc2cc(C(C)(C)C)cc(-c3ccc(C(F)(F)F)nc3)c2O)CC1.CC(C)(C)NCc1cc(C(C)(C)C)cc(-c2ncc(C(F)(F)F)cn2)c1O.CC(C)(C)c1cc(CN2CCCC2)c(O)c(-c2ccc(C(F)(F)F)nc2)c1.CC(C)(C)c1cc(CN2CCCCC2)c(O)c(-c2ccc(C(F)(F)F)nc2)c1.CN1CCN(Cc2cc(C(C)(C)C)cc(-c3ccc(C(F)(F)F)nc3)c2O)CC1. The number of likely N-dealkylation sites (tertiary alicyclic amines) is 2. The van der Waals surface area contributed by atoms with Crippen LogP contribution in [0.4, 0.5) is 65.9 Å². The quantitative estimate of drug-likeness (QED) is 0.0525. The Balaban J connectivity index is 0.000000183. The molecule has 0 aliphatic carbocycles. The second-order valence-corrected chi connectivity index (χ2v) is 43.2. The number of benzene rings is 5. The van der Waals surface area contributed by atoms with Gasteiger partial charge >= 0.3 is 30.9 Å². The number of amides is 1. The van der Waals surface area contributed by atoms with Crippen molar-refractivity contribution in [3.63, 3.8) is 0 Å². The van der Waals surface area contributed by atoms with Gasteiger partial charge in [0.15, 0.2) is 5.82 Å². The van der Waals surface area contributed by atoms with Crippen molar-refractivity contribution >= 4 is 5.91 Å². The number of carbonyl (C=O) groups excluding carboxylic acids is 1. The second kappa shape index (κ2) is 45.1. The van der Waals surface area contributed by atoms with Crippen LogP contribution in [0.1, 0.15) is 248 Å². The molecule has 0 bridgehead atoms. The van der Waals surface area contributed by atoms with Gasteiger partial charge in [-0.15, -0.1) is 0 Å². The van der Waals surface area contributed by atoms with E-state index in [1.807, 2.05) is 117 Å². The molecular formula is C108H134F15N13O6. The lowest BCUT2D eigenvalue weighted by atomic mass is 9.83. The van der Waals surface area contributed by atoms with Crippen LogP contribution in [0.5, 0.6) is 28.7 Å². The van der Waals surface area contributed by atoms with Gasteiger partial charge in [-0.25, -0.2) is 9.97 Å². The predicted molar refractivity (Wildman–Crippen MR) is 524 cm³/mol. The van der Waals surface area contributed by atoms with Crippen molar-refractivity contribution in [3.05, 3.63) is 230 Å². The fourth-order valence-electron chi connectivity index (χ4n) is 16.4. The number of piperazine rings is 2. The third kappa shape index (κ3) is 31.2. The van der Waals surface area contributed by atoms with Crippen molar-refractivity contribution in [1.29, 1.82) is 0 Å². The Bertz CT molecular complexity index is 5890. The molecule has 142 heavy (non-hydrogen) atoms. The Labute approximate surface area is 823 Å². The van der Waals surface area contributed by atoms with Gasteiger partial charge in [0, 0.05) is 207 Å². The number of rotatable bonds is 15. The summed E-state index contributed by atoms with van der Waals surface area (Å²) in [5.74, 6) is 0.482. The highest BCUT2D eigenvalue weighted by atomic mass is 19.4. The van der Waals surface area contributed by atoms with Crippen molar-refractivity contribution < 1.29 is 96.2 Å². The molecular weight excluding hydrogens is 1860 g/mol. The number of pyridine rings is 4. The number of hydrogen-bond acceptors (Lipinski definition) is 18. The lowest BCUT2D eigenvalue weighted by Crippen LogP contribution is -2.47. The van der Waals surface area contributed by atoms with Crippen LogP contribution in [0.3, 0.4) is 0 Å². The number of likely N-dealkylation sites (N-methyl/N-ethyl adjacent to an activating group) is 1. The number of aromatic hydroxyl groups is 5. The minimum Gasteiger partial charge on any atom is -0.507 e. The van der Waals surface area contributed by atoms with Gasteiger partial charge < -0.3 is 40.6 Å². The molecule has 4 aliphatic rings. The molecule has 0 radical (unpaired) electrons. The topological polar surface area (TPSA) is 227 Å². The van der Waals surface area contributed by atoms with Crippen LogP contribution in [0.15, 0.2) is 146 Å². The van der Waals surface area contributed by atoms with Crippen LogP contribution in [0.2, 0.25) is 0 Å². The standard InChI is InChI=1S/C23H28F3N3O2.C22H28F3N3O.C22H27F3N2O.C21H25F3N2O.C20H26F3N3O/c1-15(30)29-9-7-28(8-10-29)14-17-11-18(22(2,3)4)12-19(21(17)31)16-5-6-20(27-13-16)23(24,25)26;1-21(2,3)17-11-16(14-28-9-7-27(4)8-10-28)20(29)18(12-17)15-5-6-19(26-13-15)22(23,24)25;1-21(2,3)17-11-16(14-27-9-5-4-6-10-27)20(28)18(12-17)15-7-8-19(26-13-15)22(23,24)25;1-20(2,3)16-10-15(13-26-8-4-5-9-26)19(27)17(11-16)14-6-7-18(25-12-14)21(22,23)24;1-18(2,3)13-7-12(9-26-19(4,5)6)16(27)15(8-13)17-24-10-14(11-25-17)20(21,22)23/h5-6,11-13,31H,7-10,14H2,1-4H3;5-6,11-13,29H,7-10,14H2,1-4H3;7-8,11-13,28H,4-6,9-10,14H2,1-3H3;6-7,10-12,27H,4-5,8-9,13H2,1-3H3;7-8,10-11,26-27H,9H2,1-6H3. The lowest BCUT2D eigenvalue weighted by molar-refractivity contribution is -0.141. The Morgan fingerprint density at radius 3 is 0.782 bits per heavy atom. The van der Waals surface area contributed by atoms with Crippen LogP contribution in [0.25, 0.3) is 55.9 Å². The number of phenols is 5. The van der Waals surface area contributed by atoms with E-state index < -0.39 is 59.2 Å². The number of carbonyl (C=O) groups is 1. The zero-order chi connectivity index (χ0) is 105. The summed E-state index contributed by atoms with van der Waals surface area (Å²) in [5, 5.41) is 57.7. The molecule has 34 heteroatoms. The number of nitrogens with one attached hydrogen (secondary N) is 1. The lowest BCUT2D eigenvalue weighted by Gasteiger charge is -2.34. The van der Waals surface area contributed by atoms with Gasteiger partial charge in [-0.2, -0.15) is 65.9 Å². The van der Waals surface area contributed by atoms with Crippen LogP contribution < -0.4 is 5.32 Å². The van der Waals surface area contributed by atoms with Gasteiger partial charge in [-0.05, 0) is 189 Å². The number of phenolic OH excluding ortho intramolecular Hbond substituents is 5. The van der Waals surface area contributed by atoms with Crippen molar-refractivity contribution in [2.24, 2.45) is 0 Å². The van der Waals surface area contributed by atoms with Gasteiger partial charge in [0.1, 0.15) is 51.5 Å². The number of piperidine rings is 1. The molecule has 10 aromatic rings. The van der Waals surface area contributed by atoms with Crippen molar-refractivity contribution in [1.82, 2.24) is 64.6 Å². The Morgan fingerprint density at radius 1 is 0.296 bits per heavy atom. The Kier molecular flexibility index (Phi) is 35.8. The average molecular weight is 2000 g/mol. The highest BCUT2D eigenvalue weighted by Crippen LogP contribution is 2.47. The molecule has 1 amide bonds. The molecule has 0 saturated carbocycles. The predicted octanol–water partition coefficient (Wildman–Crippen LogP) is 25.1. The van der Waals surface area contributed by atoms with Gasteiger partial charge in [0.2, 0.25) is 5.91 Å². The van der Waals surface area contributed by atoms with E-state index >= 15 is 0 Å². The monoisotopic (exact) mass is 1990 g/mol. The molecule has 9 heterocycles. The Hall–Kier alpha value is -11.0. The number of hydrogen-bond donors (Lipinski definition) is 6. The first-order valence-electron chi connectivity index (χ1n) is 47.5. The van der Waals surface area contributed by atoms with E-state index in [0.717, 1.165) is 165 Å². The normalized spacial score (nSPS) is 15.7. The van der Waals surface area contributed by atoms with Gasteiger partial charge in [-0.3, -0.25) is 44.3 Å². The maximum atomic E-state index is 12.9. The van der Waals surface area contributed by atoms with Gasteiger partial charge in [-0.1, -0.05) is 165 Å². The molecule has 14 rings (SSSR count). The summed E-state index contributed by atoms with van der Waals surface area (Å²) in [7, 11) is 2.09. The van der Waals surface area contributed by atoms with E-state index in [0.29, 0.717) is 120 Å². The summed E-state index contributed by atoms with van der Waals surface area (Å²) < 4.78 is 192. The molecule has 0 spiro atoms. The number of alkyl halides is 15. The molecule has 6 N–H and O–H groups in total. The highest BCUT2D eigenvalue weighted by Gasteiger charge is 2.39. The summed E-state index contributed by atoms with van der Waals surface area (Å²) in [6.07, 6.45) is -10.5. The smallest absolute Gasteiger partial charge is 0.433 e. The minimum absolute atomic E-state index is 0.0282. The van der Waals surface area contributed by atoms with E-state index in [2.05, 4.69) is 129 Å². The van der Waals surface area contributed by atoms with Crippen LogP contribution in [-0.4, -0.2) is 182 Å². The highest BCUT2D eigenvalue weighted by molar-refractivity contribution is 5.77. The molecule has 0 atom stereocenters. The minimum atomic E-state index is -4.51. The van der Waals surface area contributed by atoms with E-state index in [-0.39, 0.29) is 73.1 Å². The van der Waals surface area contributed by atoms with Crippen molar-refractivity contribution in [2.45, 2.75) is 260 Å². The summed E-state index contributed by atoms with van der Waals surface area (Å²) in [6, 6.07) is 28.3. The first-order valence-corrected chi connectivity index (χ1v) is 47.5. The maximum absolute atomic E-state index is 12.9. The number of aromatic nitrogens is 6. The molecule has 5 aromatic carbocycles. The molecule has 0 unspecified atom stereocenters. The van der Waals surface area contributed by atoms with Crippen molar-refractivity contribution in [3.8, 4) is 84.6 Å². The summed E-state index contributed by atoms with van der Waals surface area (Å²) in [5.41, 5.74) is 7.21. The van der Waals surface area contributed by atoms with E-state index in [1.165, 1.54) is 49.3 Å². The van der Waals surface area contributed by atoms with Crippen LogP contribution >= 0.6 is 0 Å². The molecule has 5 aromatic heterocycles. The molecule has 4 fully saturated rings. The van der Waals surface area contributed by atoms with Crippen LogP contribution in [-0.2, 0) is 95.5 Å². The number of halogens is 15. The summed E-state index contributed by atoms with van der Waals surface area (Å²) in [6.45, 7) is 51.7. The van der Waals surface area contributed by atoms with E-state index in [4.69, 9.17) is 0 Å². The van der Waals surface area contributed by atoms with Gasteiger partial charge in [0.25, 0.3) is 0 Å².